The summed E-state index contributed by atoms with van der Waals surface area (Å²) in [7, 11) is 3.25. The Morgan fingerprint density at radius 2 is 1.78 bits per heavy atom. The summed E-state index contributed by atoms with van der Waals surface area (Å²) in [6.07, 6.45) is 0.842. The Kier molecular flexibility index (Phi) is 6.15. The van der Waals surface area contributed by atoms with Crippen molar-refractivity contribution < 1.29 is 14.3 Å². The van der Waals surface area contributed by atoms with Crippen LogP contribution in [0.25, 0.3) is 0 Å². The van der Waals surface area contributed by atoms with Gasteiger partial charge in [-0.2, -0.15) is 0 Å². The Hall–Kier alpha value is -1.95. The number of hydrogen-bond acceptors (Lipinski definition) is 4. The normalized spacial score (nSPS) is 15.0. The molecule has 5 nitrogen and oxygen atoms in total. The van der Waals surface area contributed by atoms with Crippen LogP contribution in [0.4, 0.5) is 5.69 Å². The van der Waals surface area contributed by atoms with Gasteiger partial charge in [0.05, 0.1) is 31.0 Å². The summed E-state index contributed by atoms with van der Waals surface area (Å²) in [5.74, 6) is 1.32. The lowest BCUT2D eigenvalue weighted by atomic mass is 9.97. The molecule has 0 aliphatic carbocycles. The van der Waals surface area contributed by atoms with Crippen LogP contribution in [0.3, 0.4) is 0 Å². The predicted octanol–water partition coefficient (Wildman–Crippen LogP) is 4.40. The maximum Gasteiger partial charge on any atom is 0.241 e. The monoisotopic (exact) mass is 408 g/mol. The van der Waals surface area contributed by atoms with Gasteiger partial charge < -0.3 is 14.8 Å². The number of amides is 1. The molecule has 0 saturated heterocycles. The van der Waals surface area contributed by atoms with Crippen molar-refractivity contribution in [3.05, 3.63) is 51.5 Å². The molecule has 2 aromatic carbocycles. The zero-order valence-electron chi connectivity index (χ0n) is 15.5. The number of nitrogens with zero attached hydrogens (tertiary/aromatic N) is 1. The van der Waals surface area contributed by atoms with Crippen molar-refractivity contribution in [2.75, 3.05) is 26.1 Å². The van der Waals surface area contributed by atoms with Crippen molar-refractivity contribution in [3.8, 4) is 11.5 Å². The largest absolute Gasteiger partial charge is 0.493 e. The van der Waals surface area contributed by atoms with Crippen molar-refractivity contribution in [2.24, 2.45) is 0 Å². The molecule has 1 atom stereocenters. The van der Waals surface area contributed by atoms with Crippen LogP contribution in [0.5, 0.6) is 11.5 Å². The zero-order valence-corrected chi connectivity index (χ0v) is 17.0. The molecule has 0 fully saturated rings. The molecular formula is C20H22Cl2N2O3. The number of ether oxygens (including phenoxy) is 2. The maximum atomic E-state index is 12.7. The molecule has 0 bridgehead atoms. The molecule has 1 N–H and O–H groups in total. The maximum absolute atomic E-state index is 12.7. The van der Waals surface area contributed by atoms with Crippen molar-refractivity contribution in [2.45, 2.75) is 25.9 Å². The van der Waals surface area contributed by atoms with Gasteiger partial charge >= 0.3 is 0 Å². The van der Waals surface area contributed by atoms with Crippen LogP contribution in [-0.2, 0) is 17.8 Å². The number of benzene rings is 2. The molecule has 0 saturated carbocycles. The van der Waals surface area contributed by atoms with Gasteiger partial charge in [-0.3, -0.25) is 9.69 Å². The molecule has 1 heterocycles. The minimum atomic E-state index is -0.307. The average Bonchev–Trinajstić information content (AvgIpc) is 2.67. The number of anilines is 1. The van der Waals surface area contributed by atoms with Crippen LogP contribution in [0.2, 0.25) is 10.0 Å². The first-order chi connectivity index (χ1) is 12.9. The molecular weight excluding hydrogens is 387 g/mol. The Morgan fingerprint density at radius 3 is 2.41 bits per heavy atom. The van der Waals surface area contributed by atoms with E-state index in [1.807, 2.05) is 19.1 Å². The second-order valence-corrected chi connectivity index (χ2v) is 7.33. The van der Waals surface area contributed by atoms with Crippen LogP contribution < -0.4 is 14.8 Å². The third kappa shape index (κ3) is 4.32. The quantitative estimate of drug-likeness (QED) is 0.796. The highest BCUT2D eigenvalue weighted by molar-refractivity contribution is 6.36. The van der Waals surface area contributed by atoms with Crippen LogP contribution in [-0.4, -0.2) is 37.6 Å². The average molecular weight is 409 g/mol. The summed E-state index contributed by atoms with van der Waals surface area (Å²) in [5, 5.41) is 3.83. The lowest BCUT2D eigenvalue weighted by Gasteiger charge is -2.33. The molecule has 0 aromatic heterocycles. The second kappa shape index (κ2) is 8.38. The number of methoxy groups -OCH3 is 2. The molecule has 0 radical (unpaired) electrons. The Bertz CT molecular complexity index is 857. The van der Waals surface area contributed by atoms with Gasteiger partial charge in [0.15, 0.2) is 11.5 Å². The summed E-state index contributed by atoms with van der Waals surface area (Å²) >= 11 is 12.1. The van der Waals surface area contributed by atoms with Crippen LogP contribution in [0, 0.1) is 0 Å². The standard InChI is InChI=1S/C20H22Cl2N2O3/c1-12(20(25)23-17-5-4-15(21)10-16(17)22)24-7-6-13-8-18(26-2)19(27-3)9-14(13)11-24/h4-5,8-10,12H,6-7,11H2,1-3H3,(H,23,25)/t12-/m1/s1. The van der Waals surface area contributed by atoms with E-state index in [0.717, 1.165) is 24.3 Å². The summed E-state index contributed by atoms with van der Waals surface area (Å²) in [6.45, 7) is 3.34. The first kappa shape index (κ1) is 19.8. The molecule has 2 aromatic rings. The highest BCUT2D eigenvalue weighted by atomic mass is 35.5. The van der Waals surface area contributed by atoms with Gasteiger partial charge in [-0.05, 0) is 54.8 Å². The van der Waals surface area contributed by atoms with E-state index in [2.05, 4.69) is 10.2 Å². The van der Waals surface area contributed by atoms with Crippen molar-refractivity contribution in [3.63, 3.8) is 0 Å². The fourth-order valence-electron chi connectivity index (χ4n) is 3.23. The Morgan fingerprint density at radius 1 is 1.11 bits per heavy atom. The first-order valence-electron chi connectivity index (χ1n) is 8.66. The molecule has 27 heavy (non-hydrogen) atoms. The Labute approximate surface area is 169 Å². The van der Waals surface area contributed by atoms with E-state index in [4.69, 9.17) is 32.7 Å². The van der Waals surface area contributed by atoms with E-state index in [9.17, 15) is 4.79 Å². The van der Waals surface area contributed by atoms with Gasteiger partial charge in [0.2, 0.25) is 5.91 Å². The fourth-order valence-corrected chi connectivity index (χ4v) is 3.69. The van der Waals surface area contributed by atoms with Crippen LogP contribution in [0.1, 0.15) is 18.1 Å². The predicted molar refractivity (Wildman–Crippen MR) is 108 cm³/mol. The topological polar surface area (TPSA) is 50.8 Å². The van der Waals surface area contributed by atoms with Crippen LogP contribution in [0.15, 0.2) is 30.3 Å². The third-order valence-corrected chi connectivity index (χ3v) is 5.41. The Balaban J connectivity index is 1.73. The highest BCUT2D eigenvalue weighted by Gasteiger charge is 2.27. The molecule has 0 unspecified atom stereocenters. The summed E-state index contributed by atoms with van der Waals surface area (Å²) < 4.78 is 10.8. The SMILES string of the molecule is COc1cc2c(cc1OC)CN([C@H](C)C(=O)Nc1ccc(Cl)cc1Cl)CC2. The number of fused-ring (bicyclic) bond motifs is 1. The van der Waals surface area contributed by atoms with Gasteiger partial charge in [0, 0.05) is 18.1 Å². The molecule has 0 spiro atoms. The number of hydrogen-bond donors (Lipinski definition) is 1. The summed E-state index contributed by atoms with van der Waals surface area (Å²) in [4.78, 5) is 14.8. The third-order valence-electron chi connectivity index (χ3n) is 4.86. The summed E-state index contributed by atoms with van der Waals surface area (Å²) in [5.41, 5.74) is 2.92. The number of halogens is 2. The van der Waals surface area contributed by atoms with E-state index in [1.54, 1.807) is 32.4 Å². The number of rotatable bonds is 5. The van der Waals surface area contributed by atoms with Gasteiger partial charge in [-0.1, -0.05) is 23.2 Å². The number of carbonyl (C=O) groups is 1. The van der Waals surface area contributed by atoms with Gasteiger partial charge in [0.1, 0.15) is 0 Å². The van der Waals surface area contributed by atoms with Crippen molar-refractivity contribution >= 4 is 34.8 Å². The van der Waals surface area contributed by atoms with Crippen molar-refractivity contribution in [1.82, 2.24) is 4.90 Å². The van der Waals surface area contributed by atoms with E-state index < -0.39 is 0 Å². The lowest BCUT2D eigenvalue weighted by molar-refractivity contribution is -0.121. The lowest BCUT2D eigenvalue weighted by Crippen LogP contribution is -2.44. The van der Waals surface area contributed by atoms with E-state index in [-0.39, 0.29) is 11.9 Å². The molecule has 3 rings (SSSR count). The van der Waals surface area contributed by atoms with Crippen molar-refractivity contribution in [1.29, 1.82) is 0 Å². The summed E-state index contributed by atoms with van der Waals surface area (Å²) in [6, 6.07) is 8.71. The molecule has 7 heteroatoms. The number of nitrogens with one attached hydrogen (secondary N) is 1. The first-order valence-corrected chi connectivity index (χ1v) is 9.42. The minimum Gasteiger partial charge on any atom is -0.493 e. The van der Waals surface area contributed by atoms with E-state index in [1.165, 1.54) is 5.56 Å². The smallest absolute Gasteiger partial charge is 0.241 e. The van der Waals surface area contributed by atoms with Gasteiger partial charge in [-0.15, -0.1) is 0 Å². The number of carbonyl (C=O) groups excluding carboxylic acids is 1. The van der Waals surface area contributed by atoms with Gasteiger partial charge in [0.25, 0.3) is 0 Å². The second-order valence-electron chi connectivity index (χ2n) is 6.49. The minimum absolute atomic E-state index is 0.108. The zero-order chi connectivity index (χ0) is 19.6. The van der Waals surface area contributed by atoms with Crippen LogP contribution >= 0.6 is 23.2 Å². The fraction of sp³-hybridized carbons (Fsp3) is 0.350. The van der Waals surface area contributed by atoms with Gasteiger partial charge in [-0.25, -0.2) is 0 Å². The van der Waals surface area contributed by atoms with E-state index >= 15 is 0 Å². The molecule has 1 aliphatic rings. The van der Waals surface area contributed by atoms with E-state index in [0.29, 0.717) is 28.0 Å². The molecule has 144 valence electrons. The highest BCUT2D eigenvalue weighted by Crippen LogP contribution is 2.34. The molecule has 1 aliphatic heterocycles. The molecule has 1 amide bonds.